The maximum Gasteiger partial charge on any atom is 0.148 e. The molecule has 0 aromatic heterocycles. The highest BCUT2D eigenvalue weighted by atomic mass is 16.5. The Morgan fingerprint density at radius 1 is 1.22 bits per heavy atom. The Morgan fingerprint density at radius 3 is 2.72 bits per heavy atom. The van der Waals surface area contributed by atoms with Crippen molar-refractivity contribution in [2.45, 2.75) is 13.5 Å². The number of nitrogens with two attached hydrogens (primary N) is 1. The fourth-order valence-corrected chi connectivity index (χ4v) is 1.73. The Balaban J connectivity index is 2.37. The van der Waals surface area contributed by atoms with Gasteiger partial charge >= 0.3 is 0 Å². The van der Waals surface area contributed by atoms with E-state index < -0.39 is 0 Å². The minimum absolute atomic E-state index is 0.468. The van der Waals surface area contributed by atoms with Gasteiger partial charge in [0.25, 0.3) is 0 Å². The molecule has 2 aromatic carbocycles. The first-order chi connectivity index (χ1) is 8.74. The molecule has 3 heteroatoms. The zero-order valence-electron chi connectivity index (χ0n) is 10.2. The molecule has 0 atom stereocenters. The van der Waals surface area contributed by atoms with Gasteiger partial charge in [-0.2, -0.15) is 5.26 Å². The van der Waals surface area contributed by atoms with Crippen LogP contribution in [-0.2, 0) is 6.54 Å². The number of hydrogen-bond acceptors (Lipinski definition) is 3. The van der Waals surface area contributed by atoms with Gasteiger partial charge in [0, 0.05) is 6.54 Å². The second-order valence-electron chi connectivity index (χ2n) is 4.02. The highest BCUT2D eigenvalue weighted by Gasteiger charge is 2.07. The summed E-state index contributed by atoms with van der Waals surface area (Å²) in [6.45, 7) is 2.39. The molecule has 0 saturated carbocycles. The smallest absolute Gasteiger partial charge is 0.148 e. The van der Waals surface area contributed by atoms with Crippen molar-refractivity contribution >= 4 is 0 Å². The summed E-state index contributed by atoms with van der Waals surface area (Å²) in [5.74, 6) is 1.30. The Hall–Kier alpha value is -2.31. The second-order valence-corrected chi connectivity index (χ2v) is 4.02. The second kappa shape index (κ2) is 5.35. The Morgan fingerprint density at radius 2 is 2.00 bits per heavy atom. The van der Waals surface area contributed by atoms with Crippen LogP contribution in [0.15, 0.2) is 42.5 Å². The van der Waals surface area contributed by atoms with E-state index in [0.29, 0.717) is 23.6 Å². The van der Waals surface area contributed by atoms with Crippen LogP contribution in [0.2, 0.25) is 0 Å². The van der Waals surface area contributed by atoms with Gasteiger partial charge in [0.05, 0.1) is 5.56 Å². The summed E-state index contributed by atoms with van der Waals surface area (Å²) in [5.41, 5.74) is 8.06. The van der Waals surface area contributed by atoms with Gasteiger partial charge in [-0.3, -0.25) is 0 Å². The lowest BCUT2D eigenvalue weighted by molar-refractivity contribution is 0.476. The van der Waals surface area contributed by atoms with Crippen LogP contribution < -0.4 is 10.5 Å². The SMILES string of the molecule is Cc1cccc(C#N)c1Oc1cccc(CN)c1. The summed E-state index contributed by atoms with van der Waals surface area (Å²) < 4.78 is 5.80. The first-order valence-corrected chi connectivity index (χ1v) is 5.71. The number of para-hydroxylation sites is 1. The number of rotatable bonds is 3. The van der Waals surface area contributed by atoms with Crippen molar-refractivity contribution < 1.29 is 4.74 Å². The third-order valence-electron chi connectivity index (χ3n) is 2.69. The molecule has 0 aliphatic carbocycles. The van der Waals surface area contributed by atoms with Crippen molar-refractivity contribution in [3.8, 4) is 17.6 Å². The predicted molar refractivity (Wildman–Crippen MR) is 70.3 cm³/mol. The molecular formula is C15H14N2O. The van der Waals surface area contributed by atoms with E-state index in [1.165, 1.54) is 0 Å². The van der Waals surface area contributed by atoms with Crippen LogP contribution in [0.1, 0.15) is 16.7 Å². The standard InChI is InChI=1S/C15H14N2O/c1-11-4-2-6-13(10-17)15(11)18-14-7-3-5-12(8-14)9-16/h2-8H,9,16H2,1H3. The zero-order valence-corrected chi connectivity index (χ0v) is 10.2. The number of ether oxygens (including phenoxy) is 1. The summed E-state index contributed by atoms with van der Waals surface area (Å²) in [7, 11) is 0. The highest BCUT2D eigenvalue weighted by molar-refractivity contribution is 5.50. The highest BCUT2D eigenvalue weighted by Crippen LogP contribution is 2.28. The van der Waals surface area contributed by atoms with Crippen LogP contribution in [0.4, 0.5) is 0 Å². The maximum absolute atomic E-state index is 9.07. The van der Waals surface area contributed by atoms with E-state index in [1.54, 1.807) is 6.07 Å². The van der Waals surface area contributed by atoms with Crippen LogP contribution >= 0.6 is 0 Å². The quantitative estimate of drug-likeness (QED) is 0.893. The minimum Gasteiger partial charge on any atom is -0.456 e. The molecule has 0 heterocycles. The Bertz CT molecular complexity index is 600. The van der Waals surface area contributed by atoms with Crippen molar-refractivity contribution in [2.75, 3.05) is 0 Å². The third-order valence-corrected chi connectivity index (χ3v) is 2.69. The summed E-state index contributed by atoms with van der Waals surface area (Å²) in [6.07, 6.45) is 0. The van der Waals surface area contributed by atoms with Gasteiger partial charge < -0.3 is 10.5 Å². The molecule has 0 radical (unpaired) electrons. The van der Waals surface area contributed by atoms with E-state index in [9.17, 15) is 0 Å². The van der Waals surface area contributed by atoms with Gasteiger partial charge in [-0.15, -0.1) is 0 Å². The molecule has 0 amide bonds. The molecule has 90 valence electrons. The lowest BCUT2D eigenvalue weighted by Crippen LogP contribution is -1.97. The van der Waals surface area contributed by atoms with Gasteiger partial charge in [-0.05, 0) is 36.2 Å². The van der Waals surface area contributed by atoms with Crippen molar-refractivity contribution in [3.63, 3.8) is 0 Å². The van der Waals surface area contributed by atoms with Crippen molar-refractivity contribution in [1.82, 2.24) is 0 Å². The monoisotopic (exact) mass is 238 g/mol. The summed E-state index contributed by atoms with van der Waals surface area (Å²) in [4.78, 5) is 0. The Kier molecular flexibility index (Phi) is 3.61. The molecular weight excluding hydrogens is 224 g/mol. The lowest BCUT2D eigenvalue weighted by Gasteiger charge is -2.10. The van der Waals surface area contributed by atoms with E-state index >= 15 is 0 Å². The zero-order chi connectivity index (χ0) is 13.0. The van der Waals surface area contributed by atoms with Crippen LogP contribution in [-0.4, -0.2) is 0 Å². The van der Waals surface area contributed by atoms with Crippen molar-refractivity contribution in [1.29, 1.82) is 5.26 Å². The van der Waals surface area contributed by atoms with E-state index in [4.69, 9.17) is 15.7 Å². The summed E-state index contributed by atoms with van der Waals surface area (Å²) >= 11 is 0. The third kappa shape index (κ3) is 2.50. The van der Waals surface area contributed by atoms with Gasteiger partial charge in [0.1, 0.15) is 17.6 Å². The number of hydrogen-bond donors (Lipinski definition) is 1. The van der Waals surface area contributed by atoms with Crippen LogP contribution in [0.25, 0.3) is 0 Å². The number of nitriles is 1. The summed E-state index contributed by atoms with van der Waals surface area (Å²) in [5, 5.41) is 9.07. The molecule has 0 spiro atoms. The minimum atomic E-state index is 0.468. The molecule has 0 unspecified atom stereocenters. The number of aryl methyl sites for hydroxylation is 1. The largest absolute Gasteiger partial charge is 0.456 e. The molecule has 0 fully saturated rings. The normalized spacial score (nSPS) is 9.83. The van der Waals surface area contributed by atoms with E-state index in [1.807, 2.05) is 43.3 Å². The van der Waals surface area contributed by atoms with E-state index in [0.717, 1.165) is 11.1 Å². The lowest BCUT2D eigenvalue weighted by atomic mass is 10.1. The van der Waals surface area contributed by atoms with Crippen LogP contribution in [0.5, 0.6) is 11.5 Å². The molecule has 0 saturated heterocycles. The average Bonchev–Trinajstić information content (AvgIpc) is 2.41. The molecule has 3 nitrogen and oxygen atoms in total. The molecule has 2 N–H and O–H groups in total. The summed E-state index contributed by atoms with van der Waals surface area (Å²) in [6, 6.07) is 15.2. The Labute approximate surface area is 106 Å². The van der Waals surface area contributed by atoms with E-state index in [2.05, 4.69) is 6.07 Å². The molecule has 18 heavy (non-hydrogen) atoms. The maximum atomic E-state index is 9.07. The van der Waals surface area contributed by atoms with Crippen molar-refractivity contribution in [3.05, 3.63) is 59.2 Å². The average molecular weight is 238 g/mol. The molecule has 0 bridgehead atoms. The fourth-order valence-electron chi connectivity index (χ4n) is 1.73. The molecule has 2 rings (SSSR count). The molecule has 0 aliphatic rings. The number of nitrogens with zero attached hydrogens (tertiary/aromatic N) is 1. The first-order valence-electron chi connectivity index (χ1n) is 5.71. The van der Waals surface area contributed by atoms with Gasteiger partial charge in [0.2, 0.25) is 0 Å². The predicted octanol–water partition coefficient (Wildman–Crippen LogP) is 3.12. The fraction of sp³-hybridized carbons (Fsp3) is 0.133. The topological polar surface area (TPSA) is 59.0 Å². The molecule has 2 aromatic rings. The van der Waals surface area contributed by atoms with Crippen LogP contribution in [0, 0.1) is 18.3 Å². The van der Waals surface area contributed by atoms with E-state index in [-0.39, 0.29) is 0 Å². The number of benzene rings is 2. The van der Waals surface area contributed by atoms with Gasteiger partial charge in [-0.1, -0.05) is 24.3 Å². The van der Waals surface area contributed by atoms with Crippen molar-refractivity contribution in [2.24, 2.45) is 5.73 Å². The first kappa shape index (κ1) is 12.2. The van der Waals surface area contributed by atoms with Crippen LogP contribution in [0.3, 0.4) is 0 Å². The van der Waals surface area contributed by atoms with Gasteiger partial charge in [0.15, 0.2) is 0 Å². The molecule has 0 aliphatic heterocycles. The van der Waals surface area contributed by atoms with Gasteiger partial charge in [-0.25, -0.2) is 0 Å².